The van der Waals surface area contributed by atoms with E-state index >= 15 is 0 Å². The van der Waals surface area contributed by atoms with Crippen molar-refractivity contribution in [3.8, 4) is 5.75 Å². The number of hydrogen-bond donors (Lipinski definition) is 2. The van der Waals surface area contributed by atoms with Crippen molar-refractivity contribution in [3.63, 3.8) is 0 Å². The number of aliphatic hydroxyl groups excluding tert-OH is 1. The third-order valence-corrected chi connectivity index (χ3v) is 6.57. The summed E-state index contributed by atoms with van der Waals surface area (Å²) in [5.74, 6) is -0.102. The van der Waals surface area contributed by atoms with Gasteiger partial charge in [-0.25, -0.2) is 19.0 Å². The van der Waals surface area contributed by atoms with Crippen molar-refractivity contribution in [2.24, 2.45) is 0 Å². The average molecular weight is 487 g/mol. The Labute approximate surface area is 204 Å². The van der Waals surface area contributed by atoms with Gasteiger partial charge in [-0.2, -0.15) is 0 Å². The fourth-order valence-corrected chi connectivity index (χ4v) is 4.44. The molecular weight excluding hydrogens is 455 g/mol. The zero-order valence-electron chi connectivity index (χ0n) is 20.3. The van der Waals surface area contributed by atoms with Gasteiger partial charge in [-0.05, 0) is 62.7 Å². The first-order valence-electron chi connectivity index (χ1n) is 11.5. The molecule has 2 aliphatic rings. The van der Waals surface area contributed by atoms with Gasteiger partial charge in [0.1, 0.15) is 11.6 Å². The number of methoxy groups -OCH3 is 1. The van der Waals surface area contributed by atoms with Crippen LogP contribution >= 0.6 is 0 Å². The average Bonchev–Trinajstić information content (AvgIpc) is 3.35. The van der Waals surface area contributed by atoms with Crippen LogP contribution in [0.3, 0.4) is 0 Å². The number of aliphatic hydroxyl groups is 1. The van der Waals surface area contributed by atoms with E-state index in [0.29, 0.717) is 24.5 Å². The number of hydrogen-bond acceptors (Lipinski definition) is 7. The first-order valence-corrected chi connectivity index (χ1v) is 11.5. The number of nitrogens with zero attached hydrogens (tertiary/aromatic N) is 3. The number of amides is 2. The fourth-order valence-electron chi connectivity index (χ4n) is 4.44. The van der Waals surface area contributed by atoms with E-state index in [-0.39, 0.29) is 30.9 Å². The molecule has 0 bridgehead atoms. The third kappa shape index (κ3) is 4.95. The predicted molar refractivity (Wildman–Crippen MR) is 129 cm³/mol. The summed E-state index contributed by atoms with van der Waals surface area (Å²) in [6.45, 7) is 7.27. The lowest BCUT2D eigenvalue weighted by Crippen LogP contribution is -2.52. The molecular formula is C25H31FN4O5. The summed E-state index contributed by atoms with van der Waals surface area (Å²) in [7, 11) is 1.32. The number of benzene rings is 2. The number of hydrazine groups is 1. The number of halogens is 1. The Morgan fingerprint density at radius 2 is 1.83 bits per heavy atom. The summed E-state index contributed by atoms with van der Waals surface area (Å²) in [6, 6.07) is 10.5. The molecule has 35 heavy (non-hydrogen) atoms. The van der Waals surface area contributed by atoms with Crippen LogP contribution in [0.15, 0.2) is 42.5 Å². The molecule has 1 fully saturated rings. The van der Waals surface area contributed by atoms with E-state index in [4.69, 9.17) is 9.47 Å². The van der Waals surface area contributed by atoms with E-state index < -0.39 is 23.5 Å². The first kappa shape index (κ1) is 24.9. The molecule has 0 aliphatic carbocycles. The van der Waals surface area contributed by atoms with E-state index in [1.807, 2.05) is 44.0 Å². The summed E-state index contributed by atoms with van der Waals surface area (Å²) in [4.78, 5) is 28.8. The summed E-state index contributed by atoms with van der Waals surface area (Å²) < 4.78 is 23.8. The molecule has 1 unspecified atom stereocenters. The van der Waals surface area contributed by atoms with Crippen molar-refractivity contribution in [2.75, 3.05) is 43.2 Å². The topological polar surface area (TPSA) is 94.6 Å². The summed E-state index contributed by atoms with van der Waals surface area (Å²) in [5, 5.41) is 11.7. The maximum Gasteiger partial charge on any atom is 0.419 e. The van der Waals surface area contributed by atoms with Crippen molar-refractivity contribution in [1.29, 1.82) is 0 Å². The van der Waals surface area contributed by atoms with Gasteiger partial charge in [0.2, 0.25) is 0 Å². The monoisotopic (exact) mass is 486 g/mol. The van der Waals surface area contributed by atoms with Crippen LogP contribution in [-0.2, 0) is 4.74 Å². The number of fused-ring (bicyclic) bond motifs is 1. The Morgan fingerprint density at radius 3 is 2.49 bits per heavy atom. The van der Waals surface area contributed by atoms with E-state index in [0.717, 1.165) is 5.56 Å². The summed E-state index contributed by atoms with van der Waals surface area (Å²) in [6.07, 6.45) is -1.14. The van der Waals surface area contributed by atoms with Crippen LogP contribution in [0.5, 0.6) is 5.75 Å². The Morgan fingerprint density at radius 1 is 1.11 bits per heavy atom. The van der Waals surface area contributed by atoms with Crippen molar-refractivity contribution in [2.45, 2.75) is 38.3 Å². The highest BCUT2D eigenvalue weighted by Crippen LogP contribution is 2.39. The molecule has 0 aromatic heterocycles. The first-order chi connectivity index (χ1) is 16.6. The van der Waals surface area contributed by atoms with Gasteiger partial charge in [0.05, 0.1) is 43.2 Å². The van der Waals surface area contributed by atoms with Crippen LogP contribution in [0.4, 0.5) is 25.4 Å². The lowest BCUT2D eigenvalue weighted by Gasteiger charge is -2.40. The standard InChI is InChI=1S/C25H31FN4O5/c1-16-13-28(23(32)35-20-8-6-19(26)7-9-20)22-11-17(5-10-21(22)30(16)24(33)34-4)18-12-27-29(14-18)25(2,3)15-31/h5-11,16,18,27,31H,12-15H2,1-4H3/t16-,18?/m0/s1. The lowest BCUT2D eigenvalue weighted by atomic mass is 9.96. The molecule has 0 radical (unpaired) electrons. The van der Waals surface area contributed by atoms with Crippen molar-refractivity contribution >= 4 is 23.6 Å². The quantitative estimate of drug-likeness (QED) is 0.683. The largest absolute Gasteiger partial charge is 0.452 e. The molecule has 188 valence electrons. The normalized spacial score (nSPS) is 20.5. The van der Waals surface area contributed by atoms with Gasteiger partial charge in [0, 0.05) is 19.0 Å². The van der Waals surface area contributed by atoms with Gasteiger partial charge < -0.3 is 14.6 Å². The Kier molecular flexibility index (Phi) is 6.98. The number of carbonyl (C=O) groups is 2. The molecule has 0 spiro atoms. The molecule has 9 nitrogen and oxygen atoms in total. The molecule has 2 heterocycles. The number of rotatable bonds is 4. The van der Waals surface area contributed by atoms with Crippen molar-refractivity contribution in [3.05, 3.63) is 53.8 Å². The van der Waals surface area contributed by atoms with Crippen LogP contribution in [0.25, 0.3) is 0 Å². The maximum atomic E-state index is 13.3. The van der Waals surface area contributed by atoms with Crippen molar-refractivity contribution < 1.29 is 28.6 Å². The summed E-state index contributed by atoms with van der Waals surface area (Å²) >= 11 is 0. The minimum atomic E-state index is -0.626. The number of carbonyl (C=O) groups excluding carboxylic acids is 2. The number of ether oxygens (including phenoxy) is 2. The van der Waals surface area contributed by atoms with Gasteiger partial charge in [0.15, 0.2) is 0 Å². The fraction of sp³-hybridized carbons (Fsp3) is 0.440. The van der Waals surface area contributed by atoms with Gasteiger partial charge >= 0.3 is 12.2 Å². The molecule has 2 aliphatic heterocycles. The second-order valence-corrected chi connectivity index (χ2v) is 9.51. The Bertz CT molecular complexity index is 1090. The van der Waals surface area contributed by atoms with E-state index in [1.165, 1.54) is 41.2 Å². The SMILES string of the molecule is COC(=O)N1c2ccc(C3CNN(C(C)(C)CO)C3)cc2N(C(=O)Oc2ccc(F)cc2)C[C@@H]1C. The molecule has 2 aromatic carbocycles. The van der Waals surface area contributed by atoms with E-state index in [2.05, 4.69) is 5.43 Å². The van der Waals surface area contributed by atoms with Crippen LogP contribution in [0.1, 0.15) is 32.3 Å². The van der Waals surface area contributed by atoms with E-state index in [9.17, 15) is 19.1 Å². The zero-order chi connectivity index (χ0) is 25.3. The van der Waals surface area contributed by atoms with Crippen LogP contribution in [0.2, 0.25) is 0 Å². The smallest absolute Gasteiger partial charge is 0.419 e. The minimum absolute atomic E-state index is 0.00584. The van der Waals surface area contributed by atoms with Crippen LogP contribution < -0.4 is 20.0 Å². The van der Waals surface area contributed by atoms with Crippen LogP contribution in [-0.4, -0.2) is 67.2 Å². The number of anilines is 2. The lowest BCUT2D eigenvalue weighted by molar-refractivity contribution is 0.0411. The van der Waals surface area contributed by atoms with Gasteiger partial charge in [-0.15, -0.1) is 0 Å². The molecule has 2 amide bonds. The zero-order valence-corrected chi connectivity index (χ0v) is 20.3. The van der Waals surface area contributed by atoms with Gasteiger partial charge in [-0.1, -0.05) is 6.07 Å². The number of nitrogens with one attached hydrogen (secondary N) is 1. The molecule has 10 heteroatoms. The van der Waals surface area contributed by atoms with Gasteiger partial charge in [0.25, 0.3) is 0 Å². The molecule has 2 aromatic rings. The Hall–Kier alpha value is -3.21. The molecule has 0 saturated carbocycles. The highest BCUT2D eigenvalue weighted by Gasteiger charge is 2.38. The van der Waals surface area contributed by atoms with Crippen molar-refractivity contribution in [1.82, 2.24) is 10.4 Å². The molecule has 2 N–H and O–H groups in total. The second kappa shape index (κ2) is 9.80. The molecule has 1 saturated heterocycles. The van der Waals surface area contributed by atoms with Gasteiger partial charge in [-0.3, -0.25) is 15.2 Å². The van der Waals surface area contributed by atoms with E-state index in [1.54, 1.807) is 0 Å². The minimum Gasteiger partial charge on any atom is -0.452 e. The molecule has 4 rings (SSSR count). The molecule has 2 atom stereocenters. The predicted octanol–water partition coefficient (Wildman–Crippen LogP) is 3.48. The Balaban J connectivity index is 1.67. The third-order valence-electron chi connectivity index (χ3n) is 6.57. The second-order valence-electron chi connectivity index (χ2n) is 9.51. The maximum absolute atomic E-state index is 13.3. The highest BCUT2D eigenvalue weighted by molar-refractivity contribution is 6.01. The van der Waals surface area contributed by atoms with Crippen LogP contribution in [0, 0.1) is 5.82 Å². The highest BCUT2D eigenvalue weighted by atomic mass is 19.1. The summed E-state index contributed by atoms with van der Waals surface area (Å²) in [5.41, 5.74) is 4.96.